The van der Waals surface area contributed by atoms with Crippen LogP contribution in [0.3, 0.4) is 0 Å². The first-order valence-corrected chi connectivity index (χ1v) is 6.70. The summed E-state index contributed by atoms with van der Waals surface area (Å²) in [5, 5.41) is 0. The normalized spacial score (nSPS) is 19.8. The third-order valence-corrected chi connectivity index (χ3v) is 3.34. The van der Waals surface area contributed by atoms with E-state index in [9.17, 15) is 4.79 Å². The number of rotatable bonds is 3. The van der Waals surface area contributed by atoms with Gasteiger partial charge in [0.05, 0.1) is 0 Å². The molecule has 5 nitrogen and oxygen atoms in total. The summed E-state index contributed by atoms with van der Waals surface area (Å²) >= 11 is 0. The van der Waals surface area contributed by atoms with E-state index in [0.717, 1.165) is 17.7 Å². The lowest BCUT2D eigenvalue weighted by atomic mass is 9.90. The zero-order valence-corrected chi connectivity index (χ0v) is 12.5. The van der Waals surface area contributed by atoms with E-state index in [4.69, 9.17) is 15.2 Å². The maximum atomic E-state index is 11.5. The number of carbonyl (C=O) groups is 1. The van der Waals surface area contributed by atoms with Crippen molar-refractivity contribution in [3.63, 3.8) is 0 Å². The highest BCUT2D eigenvalue weighted by molar-refractivity contribution is 5.77. The minimum absolute atomic E-state index is 0.0151. The molecular formula is C15H22N2O3. The zero-order valence-electron chi connectivity index (χ0n) is 12.5. The SMILES string of the molecule is CN(C)C(=O)COc1ccc2c(c1)OC(C)(C)CC2N. The number of likely N-dealkylation sites (N-methyl/N-ethyl adjacent to an activating group) is 1. The van der Waals surface area contributed by atoms with Crippen LogP contribution in [0.2, 0.25) is 0 Å². The summed E-state index contributed by atoms with van der Waals surface area (Å²) in [6.07, 6.45) is 0.777. The minimum atomic E-state index is -0.287. The highest BCUT2D eigenvalue weighted by Crippen LogP contribution is 2.39. The van der Waals surface area contributed by atoms with Gasteiger partial charge in [-0.15, -0.1) is 0 Å². The predicted molar refractivity (Wildman–Crippen MR) is 76.9 cm³/mol. The molecule has 1 heterocycles. The van der Waals surface area contributed by atoms with E-state index >= 15 is 0 Å². The molecule has 1 unspecified atom stereocenters. The van der Waals surface area contributed by atoms with Crippen molar-refractivity contribution in [3.8, 4) is 11.5 Å². The summed E-state index contributed by atoms with van der Waals surface area (Å²) in [6, 6.07) is 5.50. The van der Waals surface area contributed by atoms with Crippen molar-refractivity contribution >= 4 is 5.91 Å². The first-order chi connectivity index (χ1) is 9.28. The average Bonchev–Trinajstić information content (AvgIpc) is 2.33. The van der Waals surface area contributed by atoms with Crippen LogP contribution in [0, 0.1) is 0 Å². The van der Waals surface area contributed by atoms with Gasteiger partial charge < -0.3 is 20.1 Å². The summed E-state index contributed by atoms with van der Waals surface area (Å²) in [6.45, 7) is 4.04. The molecule has 0 bridgehead atoms. The lowest BCUT2D eigenvalue weighted by Crippen LogP contribution is -2.37. The molecule has 110 valence electrons. The summed E-state index contributed by atoms with van der Waals surface area (Å²) in [7, 11) is 3.40. The van der Waals surface area contributed by atoms with Crippen molar-refractivity contribution in [3.05, 3.63) is 23.8 Å². The summed E-state index contributed by atoms with van der Waals surface area (Å²) < 4.78 is 11.4. The van der Waals surface area contributed by atoms with Crippen molar-refractivity contribution in [1.82, 2.24) is 4.90 Å². The van der Waals surface area contributed by atoms with Crippen LogP contribution in [0.5, 0.6) is 11.5 Å². The Balaban J connectivity index is 2.13. The van der Waals surface area contributed by atoms with Crippen LogP contribution >= 0.6 is 0 Å². The van der Waals surface area contributed by atoms with Crippen LogP contribution in [0.4, 0.5) is 0 Å². The Kier molecular flexibility index (Phi) is 3.90. The minimum Gasteiger partial charge on any atom is -0.487 e. The Morgan fingerprint density at radius 1 is 1.50 bits per heavy atom. The van der Waals surface area contributed by atoms with Gasteiger partial charge in [-0.1, -0.05) is 6.07 Å². The Hall–Kier alpha value is -1.75. The van der Waals surface area contributed by atoms with E-state index in [2.05, 4.69) is 0 Å². The second kappa shape index (κ2) is 5.32. The van der Waals surface area contributed by atoms with Gasteiger partial charge in [-0.3, -0.25) is 4.79 Å². The Labute approximate surface area is 119 Å². The highest BCUT2D eigenvalue weighted by Gasteiger charge is 2.31. The third-order valence-electron chi connectivity index (χ3n) is 3.34. The van der Waals surface area contributed by atoms with Gasteiger partial charge in [-0.25, -0.2) is 0 Å². The van der Waals surface area contributed by atoms with E-state index in [1.165, 1.54) is 4.90 Å². The van der Waals surface area contributed by atoms with Crippen LogP contribution < -0.4 is 15.2 Å². The van der Waals surface area contributed by atoms with Crippen LogP contribution in [0.1, 0.15) is 31.9 Å². The molecule has 1 aromatic carbocycles. The number of fused-ring (bicyclic) bond motifs is 1. The molecule has 1 amide bonds. The first kappa shape index (κ1) is 14.7. The second-order valence-electron chi connectivity index (χ2n) is 5.95. The van der Waals surface area contributed by atoms with Crippen molar-refractivity contribution < 1.29 is 14.3 Å². The van der Waals surface area contributed by atoms with Crippen LogP contribution in [0.25, 0.3) is 0 Å². The zero-order chi connectivity index (χ0) is 14.9. The number of nitrogens with zero attached hydrogens (tertiary/aromatic N) is 1. The quantitative estimate of drug-likeness (QED) is 0.914. The van der Waals surface area contributed by atoms with Crippen LogP contribution in [0.15, 0.2) is 18.2 Å². The van der Waals surface area contributed by atoms with E-state index in [-0.39, 0.29) is 24.2 Å². The fourth-order valence-corrected chi connectivity index (χ4v) is 2.25. The van der Waals surface area contributed by atoms with Gasteiger partial charge in [0.2, 0.25) is 0 Å². The summed E-state index contributed by atoms with van der Waals surface area (Å²) in [5.41, 5.74) is 6.85. The van der Waals surface area contributed by atoms with Gasteiger partial charge in [-0.2, -0.15) is 0 Å². The van der Waals surface area contributed by atoms with Gasteiger partial charge in [0, 0.05) is 38.2 Å². The lowest BCUT2D eigenvalue weighted by Gasteiger charge is -2.36. The molecule has 0 saturated heterocycles. The molecule has 2 N–H and O–H groups in total. The molecule has 1 aliphatic rings. The number of carbonyl (C=O) groups excluding carboxylic acids is 1. The fourth-order valence-electron chi connectivity index (χ4n) is 2.25. The number of ether oxygens (including phenoxy) is 2. The molecule has 5 heteroatoms. The van der Waals surface area contributed by atoms with Crippen LogP contribution in [-0.4, -0.2) is 37.1 Å². The number of hydrogen-bond donors (Lipinski definition) is 1. The van der Waals surface area contributed by atoms with Crippen molar-refractivity contribution in [2.45, 2.75) is 31.9 Å². The molecule has 1 atom stereocenters. The van der Waals surface area contributed by atoms with E-state index in [1.54, 1.807) is 20.2 Å². The topological polar surface area (TPSA) is 64.8 Å². The van der Waals surface area contributed by atoms with Gasteiger partial charge in [0.1, 0.15) is 17.1 Å². The number of nitrogens with two attached hydrogens (primary N) is 1. The molecule has 1 aromatic rings. The maximum Gasteiger partial charge on any atom is 0.259 e. The van der Waals surface area contributed by atoms with Gasteiger partial charge in [-0.05, 0) is 19.9 Å². The van der Waals surface area contributed by atoms with Crippen molar-refractivity contribution in [1.29, 1.82) is 0 Å². The molecule has 2 rings (SSSR count). The highest BCUT2D eigenvalue weighted by atomic mass is 16.5. The molecule has 20 heavy (non-hydrogen) atoms. The monoisotopic (exact) mass is 278 g/mol. The van der Waals surface area contributed by atoms with Gasteiger partial charge >= 0.3 is 0 Å². The van der Waals surface area contributed by atoms with E-state index in [1.807, 2.05) is 26.0 Å². The van der Waals surface area contributed by atoms with Crippen LogP contribution in [-0.2, 0) is 4.79 Å². The summed E-state index contributed by atoms with van der Waals surface area (Å²) in [4.78, 5) is 13.0. The fraction of sp³-hybridized carbons (Fsp3) is 0.533. The number of hydrogen-bond acceptors (Lipinski definition) is 4. The molecular weight excluding hydrogens is 256 g/mol. The van der Waals surface area contributed by atoms with Gasteiger partial charge in [0.25, 0.3) is 5.91 Å². The molecule has 1 aliphatic heterocycles. The van der Waals surface area contributed by atoms with Gasteiger partial charge in [0.15, 0.2) is 6.61 Å². The molecule has 0 saturated carbocycles. The smallest absolute Gasteiger partial charge is 0.259 e. The molecule has 0 spiro atoms. The van der Waals surface area contributed by atoms with Crippen molar-refractivity contribution in [2.24, 2.45) is 5.73 Å². The standard InChI is InChI=1S/C15H22N2O3/c1-15(2)8-12(16)11-6-5-10(7-13(11)20-15)19-9-14(18)17(3)4/h5-7,12H,8-9,16H2,1-4H3. The lowest BCUT2D eigenvalue weighted by molar-refractivity contribution is -0.130. The Morgan fingerprint density at radius 3 is 2.85 bits per heavy atom. The number of amides is 1. The first-order valence-electron chi connectivity index (χ1n) is 6.70. The maximum absolute atomic E-state index is 11.5. The number of benzene rings is 1. The summed E-state index contributed by atoms with van der Waals surface area (Å²) in [5.74, 6) is 1.27. The average molecular weight is 278 g/mol. The molecule has 0 aliphatic carbocycles. The molecule has 0 fully saturated rings. The second-order valence-corrected chi connectivity index (χ2v) is 5.95. The predicted octanol–water partition coefficient (Wildman–Crippen LogP) is 1.71. The molecule has 0 radical (unpaired) electrons. The van der Waals surface area contributed by atoms with E-state index in [0.29, 0.717) is 5.75 Å². The van der Waals surface area contributed by atoms with E-state index < -0.39 is 0 Å². The molecule has 0 aromatic heterocycles. The Morgan fingerprint density at radius 2 is 2.20 bits per heavy atom. The largest absolute Gasteiger partial charge is 0.487 e. The van der Waals surface area contributed by atoms with Crippen molar-refractivity contribution in [2.75, 3.05) is 20.7 Å². The third kappa shape index (κ3) is 3.22. The Bertz CT molecular complexity index is 512.